The van der Waals surface area contributed by atoms with Gasteiger partial charge in [0.2, 0.25) is 0 Å². The highest BCUT2D eigenvalue weighted by Gasteiger charge is 2.19. The minimum Gasteiger partial charge on any atom is -0.310 e. The number of aromatic nitrogens is 3. The number of nitrogens with zero attached hydrogens (tertiary/aromatic N) is 3. The van der Waals surface area contributed by atoms with Crippen molar-refractivity contribution in [2.24, 2.45) is 0 Å². The summed E-state index contributed by atoms with van der Waals surface area (Å²) in [4.78, 5) is 5.63. The van der Waals surface area contributed by atoms with E-state index in [2.05, 4.69) is 53.5 Å². The second-order valence-corrected chi connectivity index (χ2v) is 6.85. The molecule has 0 saturated heterocycles. The topological polar surface area (TPSA) is 42.7 Å². The first-order valence-corrected chi connectivity index (χ1v) is 8.54. The standard InChI is InChI=1S/C16H22N4S/c1-12(2)20-16(18-11-19-20)10-21-15-7-3-13(4-8-15)9-17-14-5-6-14/h3-4,7-8,11-12,14,17H,5-6,9-10H2,1-2H3. The van der Waals surface area contributed by atoms with Crippen molar-refractivity contribution >= 4 is 11.8 Å². The van der Waals surface area contributed by atoms with Crippen LogP contribution < -0.4 is 5.32 Å². The molecule has 0 bridgehead atoms. The molecule has 0 unspecified atom stereocenters. The molecule has 21 heavy (non-hydrogen) atoms. The number of thioether (sulfide) groups is 1. The summed E-state index contributed by atoms with van der Waals surface area (Å²) in [6, 6.07) is 9.95. The molecule has 0 aliphatic heterocycles. The lowest BCUT2D eigenvalue weighted by Crippen LogP contribution is -2.14. The Hall–Kier alpha value is -1.33. The molecule has 0 amide bonds. The van der Waals surface area contributed by atoms with E-state index in [0.29, 0.717) is 6.04 Å². The summed E-state index contributed by atoms with van der Waals surface area (Å²) in [6.45, 7) is 5.24. The van der Waals surface area contributed by atoms with E-state index in [1.54, 1.807) is 6.33 Å². The third-order valence-corrected chi connectivity index (χ3v) is 4.61. The lowest BCUT2D eigenvalue weighted by molar-refractivity contribution is 0.514. The maximum absolute atomic E-state index is 4.35. The molecule has 2 aromatic rings. The van der Waals surface area contributed by atoms with Gasteiger partial charge in [-0.2, -0.15) is 5.10 Å². The van der Waals surface area contributed by atoms with Crippen molar-refractivity contribution < 1.29 is 0 Å². The third-order valence-electron chi connectivity index (χ3n) is 3.60. The summed E-state index contributed by atoms with van der Waals surface area (Å²) in [5, 5.41) is 7.81. The van der Waals surface area contributed by atoms with E-state index in [9.17, 15) is 0 Å². The second kappa shape index (κ2) is 6.62. The van der Waals surface area contributed by atoms with E-state index >= 15 is 0 Å². The highest BCUT2D eigenvalue weighted by atomic mass is 32.2. The summed E-state index contributed by atoms with van der Waals surface area (Å²) < 4.78 is 1.99. The highest BCUT2D eigenvalue weighted by molar-refractivity contribution is 7.98. The molecule has 1 saturated carbocycles. The van der Waals surface area contributed by atoms with Crippen LogP contribution in [0, 0.1) is 0 Å². The Labute approximate surface area is 130 Å². The lowest BCUT2D eigenvalue weighted by Gasteiger charge is -2.09. The molecule has 112 valence electrons. The van der Waals surface area contributed by atoms with Crippen molar-refractivity contribution in [3.8, 4) is 0 Å². The molecule has 1 aromatic heterocycles. The zero-order valence-electron chi connectivity index (χ0n) is 12.6. The van der Waals surface area contributed by atoms with Crippen molar-refractivity contribution in [1.29, 1.82) is 0 Å². The molecule has 1 heterocycles. The Morgan fingerprint density at radius 1 is 1.29 bits per heavy atom. The van der Waals surface area contributed by atoms with Gasteiger partial charge in [-0.1, -0.05) is 12.1 Å². The zero-order chi connectivity index (χ0) is 14.7. The average Bonchev–Trinajstić information content (AvgIpc) is 3.19. The SMILES string of the molecule is CC(C)n1ncnc1CSc1ccc(CNC2CC2)cc1. The van der Waals surface area contributed by atoms with Gasteiger partial charge in [0.1, 0.15) is 12.2 Å². The summed E-state index contributed by atoms with van der Waals surface area (Å²) >= 11 is 1.81. The van der Waals surface area contributed by atoms with Crippen molar-refractivity contribution in [2.75, 3.05) is 0 Å². The molecule has 1 fully saturated rings. The van der Waals surface area contributed by atoms with Crippen molar-refractivity contribution in [3.63, 3.8) is 0 Å². The van der Waals surface area contributed by atoms with Gasteiger partial charge in [-0.25, -0.2) is 9.67 Å². The van der Waals surface area contributed by atoms with Crippen molar-refractivity contribution in [3.05, 3.63) is 42.0 Å². The fraction of sp³-hybridized carbons (Fsp3) is 0.500. The first kappa shape index (κ1) is 14.6. The Morgan fingerprint density at radius 2 is 2.05 bits per heavy atom. The van der Waals surface area contributed by atoms with Crippen molar-refractivity contribution in [1.82, 2.24) is 20.1 Å². The molecule has 1 aromatic carbocycles. The lowest BCUT2D eigenvalue weighted by atomic mass is 10.2. The van der Waals surface area contributed by atoms with Gasteiger partial charge in [0, 0.05) is 23.5 Å². The Kier molecular flexibility index (Phi) is 4.60. The molecule has 1 aliphatic carbocycles. The minimum absolute atomic E-state index is 0.360. The average molecular weight is 302 g/mol. The van der Waals surface area contributed by atoms with E-state index in [4.69, 9.17) is 0 Å². The Balaban J connectivity index is 1.53. The van der Waals surface area contributed by atoms with Gasteiger partial charge >= 0.3 is 0 Å². The summed E-state index contributed by atoms with van der Waals surface area (Å²) in [5.74, 6) is 1.90. The van der Waals surface area contributed by atoms with Crippen LogP contribution in [-0.2, 0) is 12.3 Å². The van der Waals surface area contributed by atoms with E-state index in [1.807, 2.05) is 16.4 Å². The van der Waals surface area contributed by atoms with Crippen LogP contribution in [-0.4, -0.2) is 20.8 Å². The quantitative estimate of drug-likeness (QED) is 0.796. The molecule has 4 nitrogen and oxygen atoms in total. The Morgan fingerprint density at radius 3 is 2.71 bits per heavy atom. The largest absolute Gasteiger partial charge is 0.310 e. The van der Waals surface area contributed by atoms with Gasteiger partial charge in [-0.05, 0) is 44.4 Å². The van der Waals surface area contributed by atoms with E-state index < -0.39 is 0 Å². The smallest absolute Gasteiger partial charge is 0.138 e. The first-order valence-electron chi connectivity index (χ1n) is 7.56. The van der Waals surface area contributed by atoms with E-state index in [-0.39, 0.29) is 0 Å². The fourth-order valence-corrected chi connectivity index (χ4v) is 3.04. The maximum Gasteiger partial charge on any atom is 0.138 e. The van der Waals surface area contributed by atoms with Crippen LogP contribution in [0.2, 0.25) is 0 Å². The van der Waals surface area contributed by atoms with Crippen LogP contribution in [0.5, 0.6) is 0 Å². The number of benzene rings is 1. The third kappa shape index (κ3) is 4.08. The van der Waals surface area contributed by atoms with Gasteiger partial charge < -0.3 is 5.32 Å². The predicted octanol–water partition coefficient (Wildman–Crippen LogP) is 3.40. The molecule has 5 heteroatoms. The molecular formula is C16H22N4S. The fourth-order valence-electron chi connectivity index (χ4n) is 2.21. The normalized spacial score (nSPS) is 14.8. The van der Waals surface area contributed by atoms with Crippen LogP contribution >= 0.6 is 11.8 Å². The molecule has 0 atom stereocenters. The van der Waals surface area contributed by atoms with Gasteiger partial charge in [-0.15, -0.1) is 11.8 Å². The van der Waals surface area contributed by atoms with Crippen LogP contribution in [0.4, 0.5) is 0 Å². The van der Waals surface area contributed by atoms with E-state index in [1.165, 1.54) is 23.3 Å². The molecule has 0 radical (unpaired) electrons. The summed E-state index contributed by atoms with van der Waals surface area (Å²) in [7, 11) is 0. The molecular weight excluding hydrogens is 280 g/mol. The van der Waals surface area contributed by atoms with E-state index in [0.717, 1.165) is 24.2 Å². The minimum atomic E-state index is 0.360. The number of hydrogen-bond acceptors (Lipinski definition) is 4. The van der Waals surface area contributed by atoms with Crippen LogP contribution in [0.15, 0.2) is 35.5 Å². The number of hydrogen-bond donors (Lipinski definition) is 1. The molecule has 3 rings (SSSR count). The second-order valence-electron chi connectivity index (χ2n) is 5.80. The van der Waals surface area contributed by atoms with Gasteiger partial charge in [-0.3, -0.25) is 0 Å². The maximum atomic E-state index is 4.35. The monoisotopic (exact) mass is 302 g/mol. The summed E-state index contributed by atoms with van der Waals surface area (Å²) in [5.41, 5.74) is 1.36. The van der Waals surface area contributed by atoms with Crippen LogP contribution in [0.3, 0.4) is 0 Å². The zero-order valence-corrected chi connectivity index (χ0v) is 13.4. The van der Waals surface area contributed by atoms with Gasteiger partial charge in [0.15, 0.2) is 0 Å². The Bertz CT molecular complexity index is 572. The molecule has 1 aliphatic rings. The molecule has 0 spiro atoms. The van der Waals surface area contributed by atoms with Gasteiger partial charge in [0.25, 0.3) is 0 Å². The first-order chi connectivity index (χ1) is 10.2. The predicted molar refractivity (Wildman–Crippen MR) is 86.3 cm³/mol. The highest BCUT2D eigenvalue weighted by Crippen LogP contribution is 2.24. The van der Waals surface area contributed by atoms with Crippen molar-refractivity contribution in [2.45, 2.75) is 56.0 Å². The summed E-state index contributed by atoms with van der Waals surface area (Å²) in [6.07, 6.45) is 4.32. The van der Waals surface area contributed by atoms with Crippen LogP contribution in [0.1, 0.15) is 44.1 Å². The molecule has 1 N–H and O–H groups in total. The van der Waals surface area contributed by atoms with Gasteiger partial charge in [0.05, 0.1) is 5.75 Å². The number of rotatable bonds is 7. The number of nitrogens with one attached hydrogen (secondary N) is 1. The van der Waals surface area contributed by atoms with Crippen LogP contribution in [0.25, 0.3) is 0 Å².